The van der Waals surface area contributed by atoms with Gasteiger partial charge in [-0.3, -0.25) is 4.79 Å². The molecule has 1 atom stereocenters. The molecule has 2 N–H and O–H groups in total. The quantitative estimate of drug-likeness (QED) is 0.818. The van der Waals surface area contributed by atoms with Gasteiger partial charge in [0.25, 0.3) is 0 Å². The Morgan fingerprint density at radius 2 is 2.43 bits per heavy atom. The van der Waals surface area contributed by atoms with Crippen molar-refractivity contribution in [3.8, 4) is 0 Å². The van der Waals surface area contributed by atoms with Crippen LogP contribution >= 0.6 is 11.5 Å². The third kappa shape index (κ3) is 3.84. The van der Waals surface area contributed by atoms with Crippen LogP contribution in [-0.4, -0.2) is 44.3 Å². The molecule has 0 bridgehead atoms. The average molecular weight is 330 g/mol. The molecule has 23 heavy (non-hydrogen) atoms. The summed E-state index contributed by atoms with van der Waals surface area (Å²) in [5, 5.41) is 7.40. The lowest BCUT2D eigenvalue weighted by Gasteiger charge is -2.15. The molecule has 1 aliphatic heterocycles. The predicted molar refractivity (Wildman–Crippen MR) is 91.0 cm³/mol. The van der Waals surface area contributed by atoms with Crippen LogP contribution < -0.4 is 10.6 Å². The molecule has 1 fully saturated rings. The molecular weight excluding hydrogens is 312 g/mol. The molecule has 1 aliphatic rings. The highest BCUT2D eigenvalue weighted by atomic mass is 32.1. The van der Waals surface area contributed by atoms with E-state index in [1.807, 2.05) is 19.1 Å². The van der Waals surface area contributed by atoms with E-state index in [4.69, 9.17) is 0 Å². The van der Waals surface area contributed by atoms with E-state index in [2.05, 4.69) is 31.6 Å². The number of carbonyl (C=O) groups excluding carboxylic acids is 1. The van der Waals surface area contributed by atoms with Crippen LogP contribution in [0.1, 0.15) is 12.1 Å². The summed E-state index contributed by atoms with van der Waals surface area (Å²) < 4.78 is 4.21. The minimum absolute atomic E-state index is 0.0279. The zero-order valence-electron chi connectivity index (χ0n) is 12.8. The van der Waals surface area contributed by atoms with Gasteiger partial charge in [0.1, 0.15) is 10.8 Å². The summed E-state index contributed by atoms with van der Waals surface area (Å²) in [5.74, 6) is 1.23. The van der Waals surface area contributed by atoms with E-state index >= 15 is 0 Å². The molecule has 120 valence electrons. The lowest BCUT2D eigenvalue weighted by Crippen LogP contribution is -2.30. The summed E-state index contributed by atoms with van der Waals surface area (Å²) in [5.41, 5.74) is 0.963. The van der Waals surface area contributed by atoms with Gasteiger partial charge in [-0.2, -0.15) is 9.36 Å². The minimum atomic E-state index is -0.0279. The molecule has 3 rings (SSSR count). The van der Waals surface area contributed by atoms with Gasteiger partial charge in [0.05, 0.1) is 5.69 Å². The number of aryl methyl sites for hydroxylation is 1. The van der Waals surface area contributed by atoms with Gasteiger partial charge in [-0.15, -0.1) is 0 Å². The standard InChI is InChI=1S/C15H18N6OS/c1-3-14(22)21-7-5-11(9-21)17-12-4-6-16-15(18-12)19-13-8-10(2)20-23-13/h3-4,6,8,11H,1,5,7,9H2,2H3,(H2,16,17,18,19)/t11-/m1/s1. The van der Waals surface area contributed by atoms with Crippen molar-refractivity contribution in [2.45, 2.75) is 19.4 Å². The molecule has 8 heteroatoms. The Hall–Kier alpha value is -2.48. The predicted octanol–water partition coefficient (Wildman–Crippen LogP) is 2.18. The Morgan fingerprint density at radius 3 is 3.17 bits per heavy atom. The Balaban J connectivity index is 1.62. The second kappa shape index (κ2) is 6.74. The SMILES string of the molecule is C=CC(=O)N1CC[C@@H](Nc2ccnc(Nc3cc(C)ns3)n2)C1. The summed E-state index contributed by atoms with van der Waals surface area (Å²) in [6, 6.07) is 3.96. The van der Waals surface area contributed by atoms with Gasteiger partial charge in [0.15, 0.2) is 0 Å². The van der Waals surface area contributed by atoms with Crippen molar-refractivity contribution in [1.29, 1.82) is 0 Å². The fraction of sp³-hybridized carbons (Fsp3) is 0.333. The summed E-state index contributed by atoms with van der Waals surface area (Å²) in [7, 11) is 0. The lowest BCUT2D eigenvalue weighted by molar-refractivity contribution is -0.125. The van der Waals surface area contributed by atoms with E-state index in [1.54, 1.807) is 11.1 Å². The number of aromatic nitrogens is 3. The number of likely N-dealkylation sites (tertiary alicyclic amines) is 1. The van der Waals surface area contributed by atoms with Crippen molar-refractivity contribution in [1.82, 2.24) is 19.2 Å². The number of amides is 1. The summed E-state index contributed by atoms with van der Waals surface area (Å²) in [6.45, 7) is 6.86. The number of nitrogens with zero attached hydrogens (tertiary/aromatic N) is 4. The van der Waals surface area contributed by atoms with Gasteiger partial charge in [-0.25, -0.2) is 4.98 Å². The number of carbonyl (C=O) groups is 1. The molecule has 0 aromatic carbocycles. The van der Waals surface area contributed by atoms with Crippen molar-refractivity contribution < 1.29 is 4.79 Å². The normalized spacial score (nSPS) is 17.1. The maximum Gasteiger partial charge on any atom is 0.246 e. The van der Waals surface area contributed by atoms with E-state index in [9.17, 15) is 4.79 Å². The number of hydrogen-bond acceptors (Lipinski definition) is 7. The molecule has 0 aliphatic carbocycles. The first-order chi connectivity index (χ1) is 11.1. The first-order valence-corrected chi connectivity index (χ1v) is 8.12. The molecule has 3 heterocycles. The fourth-order valence-corrected chi connectivity index (χ4v) is 3.10. The molecule has 0 radical (unpaired) electrons. The van der Waals surface area contributed by atoms with E-state index in [-0.39, 0.29) is 11.9 Å². The van der Waals surface area contributed by atoms with Crippen LogP contribution in [-0.2, 0) is 4.79 Å². The largest absolute Gasteiger partial charge is 0.365 e. The highest BCUT2D eigenvalue weighted by Crippen LogP contribution is 2.20. The van der Waals surface area contributed by atoms with Gasteiger partial charge in [-0.1, -0.05) is 6.58 Å². The third-order valence-electron chi connectivity index (χ3n) is 3.55. The Morgan fingerprint density at radius 1 is 1.57 bits per heavy atom. The maximum atomic E-state index is 11.6. The zero-order chi connectivity index (χ0) is 16.2. The highest BCUT2D eigenvalue weighted by molar-refractivity contribution is 7.10. The molecule has 2 aromatic heterocycles. The number of hydrogen-bond donors (Lipinski definition) is 2. The summed E-state index contributed by atoms with van der Waals surface area (Å²) >= 11 is 1.37. The molecular formula is C15H18N6OS. The van der Waals surface area contributed by atoms with Crippen LogP contribution in [0.5, 0.6) is 0 Å². The van der Waals surface area contributed by atoms with Gasteiger partial charge >= 0.3 is 0 Å². The average Bonchev–Trinajstić information content (AvgIpc) is 3.16. The Kier molecular flexibility index (Phi) is 4.52. The van der Waals surface area contributed by atoms with Crippen LogP contribution in [0.4, 0.5) is 16.8 Å². The van der Waals surface area contributed by atoms with Crippen LogP contribution in [0.25, 0.3) is 0 Å². The smallest absolute Gasteiger partial charge is 0.246 e. The topological polar surface area (TPSA) is 83.0 Å². The van der Waals surface area contributed by atoms with Crippen molar-refractivity contribution >= 4 is 34.2 Å². The fourth-order valence-electron chi connectivity index (χ4n) is 2.45. The lowest BCUT2D eigenvalue weighted by atomic mass is 10.2. The number of nitrogens with one attached hydrogen (secondary N) is 2. The van der Waals surface area contributed by atoms with Crippen molar-refractivity contribution in [2.24, 2.45) is 0 Å². The van der Waals surface area contributed by atoms with Crippen LogP contribution in [0.2, 0.25) is 0 Å². The zero-order valence-corrected chi connectivity index (χ0v) is 13.6. The second-order valence-electron chi connectivity index (χ2n) is 5.34. The summed E-state index contributed by atoms with van der Waals surface area (Å²) in [4.78, 5) is 22.1. The number of rotatable bonds is 5. The highest BCUT2D eigenvalue weighted by Gasteiger charge is 2.24. The van der Waals surface area contributed by atoms with E-state index in [0.29, 0.717) is 12.5 Å². The van der Waals surface area contributed by atoms with Crippen LogP contribution in [0, 0.1) is 6.92 Å². The van der Waals surface area contributed by atoms with Crippen molar-refractivity contribution in [3.63, 3.8) is 0 Å². The maximum absolute atomic E-state index is 11.6. The monoisotopic (exact) mass is 330 g/mol. The first kappa shape index (κ1) is 15.4. The summed E-state index contributed by atoms with van der Waals surface area (Å²) in [6.07, 6.45) is 3.94. The van der Waals surface area contributed by atoms with Crippen LogP contribution in [0.3, 0.4) is 0 Å². The third-order valence-corrected chi connectivity index (χ3v) is 4.34. The molecule has 0 unspecified atom stereocenters. The molecule has 1 saturated heterocycles. The molecule has 1 amide bonds. The molecule has 7 nitrogen and oxygen atoms in total. The Labute approximate surface area is 138 Å². The minimum Gasteiger partial charge on any atom is -0.365 e. The van der Waals surface area contributed by atoms with Crippen molar-refractivity contribution in [2.75, 3.05) is 23.7 Å². The van der Waals surface area contributed by atoms with Gasteiger partial charge in [0, 0.05) is 25.3 Å². The second-order valence-corrected chi connectivity index (χ2v) is 6.15. The van der Waals surface area contributed by atoms with E-state index in [1.165, 1.54) is 17.6 Å². The first-order valence-electron chi connectivity index (χ1n) is 7.35. The number of anilines is 3. The molecule has 0 spiro atoms. The van der Waals surface area contributed by atoms with Crippen molar-refractivity contribution in [3.05, 3.63) is 36.7 Å². The van der Waals surface area contributed by atoms with Gasteiger partial charge in [-0.05, 0) is 43.1 Å². The molecule has 0 saturated carbocycles. The Bertz CT molecular complexity index is 715. The molecule has 2 aromatic rings. The van der Waals surface area contributed by atoms with Gasteiger partial charge in [0.2, 0.25) is 11.9 Å². The van der Waals surface area contributed by atoms with E-state index in [0.717, 1.165) is 29.5 Å². The van der Waals surface area contributed by atoms with Gasteiger partial charge < -0.3 is 15.5 Å². The van der Waals surface area contributed by atoms with E-state index < -0.39 is 0 Å². The van der Waals surface area contributed by atoms with Crippen LogP contribution in [0.15, 0.2) is 31.0 Å².